The minimum atomic E-state index is -1.22. The summed E-state index contributed by atoms with van der Waals surface area (Å²) in [7, 11) is 0. The van der Waals surface area contributed by atoms with Crippen LogP contribution in [0.15, 0.2) is 24.3 Å². The van der Waals surface area contributed by atoms with E-state index in [9.17, 15) is 24.3 Å². The number of ether oxygens (including phenoxy) is 2. The van der Waals surface area contributed by atoms with Crippen LogP contribution in [0.2, 0.25) is 0 Å². The number of nitrogens with zero attached hydrogens (tertiary/aromatic N) is 1. The molecular weight excluding hydrogens is 526 g/mol. The van der Waals surface area contributed by atoms with Gasteiger partial charge in [-0.2, -0.15) is 0 Å². The number of benzene rings is 1. The Labute approximate surface area is 245 Å². The quantitative estimate of drug-likeness (QED) is 0.247. The second-order valence-electron chi connectivity index (χ2n) is 11.9. The zero-order valence-electron chi connectivity index (χ0n) is 26.3. The van der Waals surface area contributed by atoms with Gasteiger partial charge in [0.15, 0.2) is 0 Å². The Morgan fingerprint density at radius 2 is 1.63 bits per heavy atom. The lowest BCUT2D eigenvalue weighted by molar-refractivity contribution is -0.147. The van der Waals surface area contributed by atoms with Gasteiger partial charge in [0.1, 0.15) is 23.4 Å². The van der Waals surface area contributed by atoms with Crippen molar-refractivity contribution in [3.63, 3.8) is 0 Å². The molecule has 3 N–H and O–H groups in total. The molecule has 0 spiro atoms. The molecule has 0 heterocycles. The van der Waals surface area contributed by atoms with Crippen LogP contribution in [0.5, 0.6) is 5.75 Å². The molecule has 0 aliphatic carbocycles. The molecule has 4 atom stereocenters. The maximum Gasteiger partial charge on any atom is 0.408 e. The highest BCUT2D eigenvalue weighted by molar-refractivity contribution is 5.93. The molecule has 10 nitrogen and oxygen atoms in total. The van der Waals surface area contributed by atoms with Gasteiger partial charge < -0.3 is 30.1 Å². The lowest BCUT2D eigenvalue weighted by atomic mass is 9.93. The molecule has 0 radical (unpaired) electrons. The van der Waals surface area contributed by atoms with E-state index < -0.39 is 47.6 Å². The van der Waals surface area contributed by atoms with E-state index in [1.54, 1.807) is 45.9 Å². The number of esters is 1. The minimum Gasteiger partial charge on any atom is -0.508 e. The number of alkyl carbamates (subject to hydrolysis) is 1. The van der Waals surface area contributed by atoms with E-state index in [2.05, 4.69) is 24.5 Å². The number of rotatable bonds is 15. The van der Waals surface area contributed by atoms with Crippen LogP contribution in [-0.4, -0.2) is 64.7 Å². The van der Waals surface area contributed by atoms with Gasteiger partial charge in [-0.05, 0) is 65.4 Å². The van der Waals surface area contributed by atoms with E-state index in [1.807, 2.05) is 20.8 Å². The summed E-state index contributed by atoms with van der Waals surface area (Å²) in [5.41, 5.74) is -0.528. The number of amides is 3. The molecule has 0 aromatic heterocycles. The number of aromatic hydroxyl groups is 1. The summed E-state index contributed by atoms with van der Waals surface area (Å²) in [6, 6.07) is 3.73. The molecule has 3 amide bonds. The van der Waals surface area contributed by atoms with Gasteiger partial charge in [0.05, 0.1) is 13.0 Å². The first kappa shape index (κ1) is 35.7. The van der Waals surface area contributed by atoms with Crippen LogP contribution in [0, 0.1) is 11.8 Å². The molecule has 232 valence electrons. The number of hydrogen-bond donors (Lipinski definition) is 3. The first-order valence-corrected chi connectivity index (χ1v) is 14.7. The Kier molecular flexibility index (Phi) is 14.7. The SMILES string of the molecule is CCOC(=O)CCNC(=O)C(c1ccccc1O)N(C(=O)C(NC(=O)OC(C)(C)C)C(C)CC)C(C)CCC(C)C. The molecule has 1 aromatic carbocycles. The zero-order valence-corrected chi connectivity index (χ0v) is 26.3. The summed E-state index contributed by atoms with van der Waals surface area (Å²) in [4.78, 5) is 54.4. The van der Waals surface area contributed by atoms with Crippen LogP contribution in [0.4, 0.5) is 4.79 Å². The fourth-order valence-electron chi connectivity index (χ4n) is 4.34. The molecule has 0 saturated heterocycles. The van der Waals surface area contributed by atoms with Crippen molar-refractivity contribution < 1.29 is 33.8 Å². The lowest BCUT2D eigenvalue weighted by Crippen LogP contribution is -2.57. The van der Waals surface area contributed by atoms with Gasteiger partial charge in [-0.15, -0.1) is 0 Å². The van der Waals surface area contributed by atoms with Crippen molar-refractivity contribution in [3.05, 3.63) is 29.8 Å². The third-order valence-corrected chi connectivity index (χ3v) is 6.73. The highest BCUT2D eigenvalue weighted by Crippen LogP contribution is 2.33. The van der Waals surface area contributed by atoms with Crippen LogP contribution in [0.3, 0.4) is 0 Å². The summed E-state index contributed by atoms with van der Waals surface area (Å²) >= 11 is 0. The lowest BCUT2D eigenvalue weighted by Gasteiger charge is -2.40. The van der Waals surface area contributed by atoms with Crippen molar-refractivity contribution in [3.8, 4) is 5.75 Å². The summed E-state index contributed by atoms with van der Waals surface area (Å²) in [5.74, 6) is -1.56. The number of nitrogens with one attached hydrogen (secondary N) is 2. The van der Waals surface area contributed by atoms with Crippen LogP contribution < -0.4 is 10.6 Å². The van der Waals surface area contributed by atoms with Crippen molar-refractivity contribution in [2.24, 2.45) is 11.8 Å². The van der Waals surface area contributed by atoms with E-state index in [0.29, 0.717) is 18.8 Å². The van der Waals surface area contributed by atoms with Crippen LogP contribution in [0.1, 0.15) is 99.6 Å². The average Bonchev–Trinajstić information content (AvgIpc) is 2.87. The maximum atomic E-state index is 14.4. The average molecular weight is 578 g/mol. The number of para-hydroxylation sites is 1. The second kappa shape index (κ2) is 16.8. The van der Waals surface area contributed by atoms with Crippen molar-refractivity contribution >= 4 is 23.9 Å². The Morgan fingerprint density at radius 1 is 1.00 bits per heavy atom. The number of hydrogen-bond acceptors (Lipinski definition) is 7. The smallest absolute Gasteiger partial charge is 0.408 e. The highest BCUT2D eigenvalue weighted by atomic mass is 16.6. The molecule has 0 saturated carbocycles. The molecule has 10 heteroatoms. The predicted molar refractivity (Wildman–Crippen MR) is 158 cm³/mol. The van der Waals surface area contributed by atoms with Crippen molar-refractivity contribution in [2.45, 2.75) is 112 Å². The summed E-state index contributed by atoms with van der Waals surface area (Å²) in [5, 5.41) is 16.3. The van der Waals surface area contributed by atoms with E-state index in [0.717, 1.165) is 6.42 Å². The van der Waals surface area contributed by atoms with Gasteiger partial charge >= 0.3 is 12.1 Å². The maximum absolute atomic E-state index is 14.4. The zero-order chi connectivity index (χ0) is 31.3. The molecule has 0 aliphatic heterocycles. The minimum absolute atomic E-state index is 0.00484. The molecule has 1 rings (SSSR count). The normalized spacial score (nSPS) is 14.4. The molecule has 0 aliphatic rings. The fraction of sp³-hybridized carbons (Fsp3) is 0.677. The Balaban J connectivity index is 3.61. The number of carbonyl (C=O) groups is 4. The van der Waals surface area contributed by atoms with E-state index in [-0.39, 0.29) is 36.8 Å². The fourth-order valence-corrected chi connectivity index (χ4v) is 4.34. The second-order valence-corrected chi connectivity index (χ2v) is 11.9. The van der Waals surface area contributed by atoms with Crippen LogP contribution >= 0.6 is 0 Å². The van der Waals surface area contributed by atoms with E-state index >= 15 is 0 Å². The monoisotopic (exact) mass is 577 g/mol. The van der Waals surface area contributed by atoms with Gasteiger partial charge in [-0.25, -0.2) is 4.79 Å². The molecule has 0 fully saturated rings. The van der Waals surface area contributed by atoms with Crippen molar-refractivity contribution in [2.75, 3.05) is 13.2 Å². The molecule has 4 unspecified atom stereocenters. The largest absolute Gasteiger partial charge is 0.508 e. The van der Waals surface area contributed by atoms with Gasteiger partial charge in [-0.1, -0.05) is 52.3 Å². The molecular formula is C31H51N3O7. The number of phenolic OH excluding ortho intramolecular Hbond substituents is 1. The molecule has 41 heavy (non-hydrogen) atoms. The van der Waals surface area contributed by atoms with Gasteiger partial charge in [-0.3, -0.25) is 14.4 Å². The van der Waals surface area contributed by atoms with E-state index in [1.165, 1.54) is 11.0 Å². The van der Waals surface area contributed by atoms with Crippen LogP contribution in [0.25, 0.3) is 0 Å². The first-order valence-electron chi connectivity index (χ1n) is 14.7. The summed E-state index contributed by atoms with van der Waals surface area (Å²) in [6.45, 7) is 16.9. The topological polar surface area (TPSA) is 134 Å². The molecule has 0 bridgehead atoms. The summed E-state index contributed by atoms with van der Waals surface area (Å²) < 4.78 is 10.4. The Hall–Kier alpha value is -3.30. The van der Waals surface area contributed by atoms with Crippen molar-refractivity contribution in [1.82, 2.24) is 15.5 Å². The standard InChI is InChI=1S/C31H51N3O7/c1-10-21(5)26(33-30(39)41-31(7,8)9)29(38)34(22(6)17-16-20(3)4)27(23-14-12-13-15-24(23)35)28(37)32-19-18-25(36)40-11-2/h12-15,20-22,26-27,35H,10-11,16-19H2,1-9H3,(H,32,37)(H,33,39). The Morgan fingerprint density at radius 3 is 2.17 bits per heavy atom. The highest BCUT2D eigenvalue weighted by Gasteiger charge is 2.41. The Bertz CT molecular complexity index is 1010. The van der Waals surface area contributed by atoms with E-state index in [4.69, 9.17) is 9.47 Å². The van der Waals surface area contributed by atoms with Gasteiger partial charge in [0.2, 0.25) is 11.8 Å². The first-order chi connectivity index (χ1) is 19.1. The van der Waals surface area contributed by atoms with Crippen LogP contribution in [-0.2, 0) is 23.9 Å². The van der Waals surface area contributed by atoms with Crippen molar-refractivity contribution in [1.29, 1.82) is 0 Å². The van der Waals surface area contributed by atoms with Gasteiger partial charge in [0, 0.05) is 18.2 Å². The number of carbonyl (C=O) groups excluding carboxylic acids is 4. The third kappa shape index (κ3) is 12.0. The molecule has 1 aromatic rings. The number of phenols is 1. The summed E-state index contributed by atoms with van der Waals surface area (Å²) in [6.07, 6.45) is 1.18. The third-order valence-electron chi connectivity index (χ3n) is 6.73. The predicted octanol–water partition coefficient (Wildman–Crippen LogP) is 5.10. The van der Waals surface area contributed by atoms with Gasteiger partial charge in [0.25, 0.3) is 0 Å².